The Morgan fingerprint density at radius 1 is 1.26 bits per heavy atom. The summed E-state index contributed by atoms with van der Waals surface area (Å²) in [5.74, 6) is 0.658. The third-order valence-electron chi connectivity index (χ3n) is 3.09. The minimum Gasteiger partial charge on any atom is -0.497 e. The molecule has 0 aliphatic rings. The van der Waals surface area contributed by atoms with E-state index in [2.05, 4.69) is 5.32 Å². The Bertz CT molecular complexity index is 492. The summed E-state index contributed by atoms with van der Waals surface area (Å²) in [4.78, 5) is 2.32. The summed E-state index contributed by atoms with van der Waals surface area (Å²) in [5, 5.41) is 3.00. The number of rotatable bonds is 7. The zero-order chi connectivity index (χ0) is 17.5. The van der Waals surface area contributed by atoms with Crippen LogP contribution in [-0.4, -0.2) is 57.0 Å². The van der Waals surface area contributed by atoms with Crippen LogP contribution in [-0.2, 0) is 6.54 Å². The fourth-order valence-electron chi connectivity index (χ4n) is 1.90. The lowest BCUT2D eigenvalue weighted by Crippen LogP contribution is -3.06. The van der Waals surface area contributed by atoms with Crippen molar-refractivity contribution >= 4 is 17.3 Å². The van der Waals surface area contributed by atoms with E-state index < -0.39 is 12.7 Å². The Hall–Kier alpha value is -1.54. The molecule has 0 amide bonds. The van der Waals surface area contributed by atoms with Crippen LogP contribution in [0.25, 0.3) is 0 Å². The summed E-state index contributed by atoms with van der Waals surface area (Å²) in [6, 6.07) is 6.89. The zero-order valence-electron chi connectivity index (χ0n) is 13.5. The van der Waals surface area contributed by atoms with Gasteiger partial charge in [-0.25, -0.2) is 0 Å². The fourth-order valence-corrected chi connectivity index (χ4v) is 2.13. The largest absolute Gasteiger partial charge is 0.497 e. The van der Waals surface area contributed by atoms with E-state index in [0.717, 1.165) is 17.0 Å². The van der Waals surface area contributed by atoms with Crippen LogP contribution in [0.1, 0.15) is 5.56 Å². The first kappa shape index (κ1) is 19.5. The highest BCUT2D eigenvalue weighted by Crippen LogP contribution is 2.19. The van der Waals surface area contributed by atoms with Gasteiger partial charge in [0.15, 0.2) is 5.11 Å². The highest BCUT2D eigenvalue weighted by molar-refractivity contribution is 7.80. The number of benzene rings is 1. The number of quaternary nitrogens is 1. The summed E-state index contributed by atoms with van der Waals surface area (Å²) < 4.78 is 43.4. The Kier molecular flexibility index (Phi) is 7.57. The highest BCUT2D eigenvalue weighted by Gasteiger charge is 2.31. The van der Waals surface area contributed by atoms with Crippen molar-refractivity contribution in [3.63, 3.8) is 0 Å². The zero-order valence-corrected chi connectivity index (χ0v) is 14.4. The smallest absolute Gasteiger partial charge is 0.406 e. The van der Waals surface area contributed by atoms with Crippen LogP contribution in [0.3, 0.4) is 0 Å². The van der Waals surface area contributed by atoms with Gasteiger partial charge in [-0.15, -0.1) is 0 Å². The molecule has 1 aromatic carbocycles. The molecule has 130 valence electrons. The van der Waals surface area contributed by atoms with Crippen molar-refractivity contribution < 1.29 is 22.8 Å². The van der Waals surface area contributed by atoms with Crippen molar-refractivity contribution in [2.75, 3.05) is 40.8 Å². The van der Waals surface area contributed by atoms with Crippen LogP contribution in [0, 0.1) is 0 Å². The third kappa shape index (κ3) is 8.03. The predicted molar refractivity (Wildman–Crippen MR) is 87.7 cm³/mol. The SMILES string of the molecule is COc1ccc(CN(CC(F)(F)F)C(=S)NCC[NH+](C)C)cc1. The van der Waals surface area contributed by atoms with Crippen LogP contribution >= 0.6 is 12.2 Å². The molecular formula is C15H23F3N3OS+. The average molecular weight is 350 g/mol. The van der Waals surface area contributed by atoms with E-state index in [0.29, 0.717) is 12.3 Å². The predicted octanol–water partition coefficient (Wildman–Crippen LogP) is 1.08. The first-order chi connectivity index (χ1) is 10.7. The standard InChI is InChI=1S/C15H22F3N3OS/c1-20(2)9-8-19-14(23)21(11-15(16,17)18)10-12-4-6-13(22-3)7-5-12/h4-7H,8-11H2,1-3H3,(H,19,23)/p+1. The Balaban J connectivity index is 2.72. The Morgan fingerprint density at radius 2 is 1.87 bits per heavy atom. The van der Waals surface area contributed by atoms with Crippen molar-refractivity contribution in [3.05, 3.63) is 29.8 Å². The molecule has 1 rings (SSSR count). The summed E-state index contributed by atoms with van der Waals surface area (Å²) in [5.41, 5.74) is 0.734. The van der Waals surface area contributed by atoms with Gasteiger partial charge < -0.3 is 19.9 Å². The molecule has 0 bridgehead atoms. The second-order valence-electron chi connectivity index (χ2n) is 5.51. The van der Waals surface area contributed by atoms with Gasteiger partial charge in [0.2, 0.25) is 0 Å². The second-order valence-corrected chi connectivity index (χ2v) is 5.90. The molecular weight excluding hydrogens is 327 g/mol. The van der Waals surface area contributed by atoms with Crippen molar-refractivity contribution in [3.8, 4) is 5.75 Å². The molecule has 0 aliphatic carbocycles. The van der Waals surface area contributed by atoms with Gasteiger partial charge in [0.05, 0.1) is 34.3 Å². The van der Waals surface area contributed by atoms with E-state index in [1.807, 2.05) is 14.1 Å². The molecule has 8 heteroatoms. The van der Waals surface area contributed by atoms with E-state index in [1.165, 1.54) is 12.0 Å². The van der Waals surface area contributed by atoms with Gasteiger partial charge in [0.1, 0.15) is 12.3 Å². The van der Waals surface area contributed by atoms with E-state index in [-0.39, 0.29) is 11.7 Å². The normalized spacial score (nSPS) is 11.4. The monoisotopic (exact) mass is 350 g/mol. The first-order valence-corrected chi connectivity index (χ1v) is 7.63. The molecule has 0 spiro atoms. The molecule has 0 fully saturated rings. The van der Waals surface area contributed by atoms with Crippen LogP contribution in [0.4, 0.5) is 13.2 Å². The lowest BCUT2D eigenvalue weighted by Gasteiger charge is -2.27. The number of alkyl halides is 3. The van der Waals surface area contributed by atoms with Crippen molar-refractivity contribution in [2.45, 2.75) is 12.7 Å². The maximum atomic E-state index is 12.8. The maximum Gasteiger partial charge on any atom is 0.406 e. The minimum absolute atomic E-state index is 0.0875. The maximum absolute atomic E-state index is 12.8. The van der Waals surface area contributed by atoms with Crippen LogP contribution in [0.15, 0.2) is 24.3 Å². The molecule has 0 aliphatic heterocycles. The van der Waals surface area contributed by atoms with Gasteiger partial charge in [-0.3, -0.25) is 0 Å². The van der Waals surface area contributed by atoms with Crippen LogP contribution in [0.5, 0.6) is 5.75 Å². The molecule has 0 unspecified atom stereocenters. The molecule has 0 aromatic heterocycles. The Morgan fingerprint density at radius 3 is 2.35 bits per heavy atom. The molecule has 23 heavy (non-hydrogen) atoms. The van der Waals surface area contributed by atoms with Crippen molar-refractivity contribution in [2.24, 2.45) is 0 Å². The minimum atomic E-state index is -4.31. The summed E-state index contributed by atoms with van der Waals surface area (Å²) >= 11 is 5.12. The Labute approximate surface area is 140 Å². The van der Waals surface area contributed by atoms with Gasteiger partial charge >= 0.3 is 6.18 Å². The lowest BCUT2D eigenvalue weighted by atomic mass is 10.2. The van der Waals surface area contributed by atoms with Gasteiger partial charge in [0.25, 0.3) is 0 Å². The number of nitrogens with one attached hydrogen (secondary N) is 2. The van der Waals surface area contributed by atoms with Crippen molar-refractivity contribution in [1.82, 2.24) is 10.2 Å². The molecule has 0 saturated heterocycles. The molecule has 0 radical (unpaired) electrons. The molecule has 2 N–H and O–H groups in total. The summed E-state index contributed by atoms with van der Waals surface area (Å²) in [7, 11) is 5.47. The van der Waals surface area contributed by atoms with Gasteiger partial charge in [-0.05, 0) is 29.9 Å². The number of nitrogens with zero attached hydrogens (tertiary/aromatic N) is 1. The summed E-state index contributed by atoms with van der Waals surface area (Å²) in [6.07, 6.45) is -4.31. The number of hydrogen-bond acceptors (Lipinski definition) is 2. The molecule has 4 nitrogen and oxygen atoms in total. The molecule has 0 atom stereocenters. The summed E-state index contributed by atoms with van der Waals surface area (Å²) in [6.45, 7) is 0.296. The van der Waals surface area contributed by atoms with E-state index >= 15 is 0 Å². The molecule has 1 aromatic rings. The fraction of sp³-hybridized carbons (Fsp3) is 0.533. The lowest BCUT2D eigenvalue weighted by molar-refractivity contribution is -0.856. The van der Waals surface area contributed by atoms with Gasteiger partial charge in [0, 0.05) is 6.54 Å². The number of halogens is 3. The number of thiocarbonyl (C=S) groups is 1. The van der Waals surface area contributed by atoms with E-state index in [9.17, 15) is 13.2 Å². The molecule has 0 heterocycles. The number of ether oxygens (including phenoxy) is 1. The van der Waals surface area contributed by atoms with Gasteiger partial charge in [-0.2, -0.15) is 13.2 Å². The van der Waals surface area contributed by atoms with E-state index in [4.69, 9.17) is 17.0 Å². The third-order valence-corrected chi connectivity index (χ3v) is 3.49. The van der Waals surface area contributed by atoms with Crippen molar-refractivity contribution in [1.29, 1.82) is 0 Å². The number of hydrogen-bond donors (Lipinski definition) is 2. The number of likely N-dealkylation sites (N-methyl/N-ethyl adjacent to an activating group) is 1. The highest BCUT2D eigenvalue weighted by atomic mass is 32.1. The van der Waals surface area contributed by atoms with E-state index in [1.54, 1.807) is 24.3 Å². The number of methoxy groups -OCH3 is 1. The average Bonchev–Trinajstić information content (AvgIpc) is 2.45. The topological polar surface area (TPSA) is 28.9 Å². The quantitative estimate of drug-likeness (QED) is 0.720. The van der Waals surface area contributed by atoms with Crippen LogP contribution in [0.2, 0.25) is 0 Å². The second kappa shape index (κ2) is 8.93. The molecule has 0 saturated carbocycles. The van der Waals surface area contributed by atoms with Crippen LogP contribution < -0.4 is 15.0 Å². The van der Waals surface area contributed by atoms with Gasteiger partial charge in [-0.1, -0.05) is 12.1 Å². The first-order valence-electron chi connectivity index (χ1n) is 7.23.